The molecule has 3 heterocycles. The van der Waals surface area contributed by atoms with E-state index in [2.05, 4.69) is 52.5 Å². The van der Waals surface area contributed by atoms with Gasteiger partial charge in [-0.3, -0.25) is 0 Å². The number of anilines is 3. The molecule has 6 nitrogen and oxygen atoms in total. The quantitative estimate of drug-likeness (QED) is 0.609. The summed E-state index contributed by atoms with van der Waals surface area (Å²) in [5.74, 6) is 3.28. The molecule has 172 valence electrons. The molecule has 7 heteroatoms. The van der Waals surface area contributed by atoms with E-state index in [1.165, 1.54) is 44.1 Å². The fourth-order valence-corrected chi connectivity index (χ4v) is 4.93. The lowest BCUT2D eigenvalue weighted by Gasteiger charge is -2.33. The van der Waals surface area contributed by atoms with E-state index in [4.69, 9.17) is 22.2 Å². The molecule has 0 saturated carbocycles. The third-order valence-corrected chi connectivity index (χ3v) is 6.70. The van der Waals surface area contributed by atoms with Crippen LogP contribution in [0.4, 0.5) is 17.6 Å². The zero-order chi connectivity index (χ0) is 22.3. The van der Waals surface area contributed by atoms with Gasteiger partial charge in [-0.1, -0.05) is 50.1 Å². The Labute approximate surface area is 197 Å². The van der Waals surface area contributed by atoms with Crippen molar-refractivity contribution < 1.29 is 0 Å². The maximum atomic E-state index is 5.62. The van der Waals surface area contributed by atoms with Crippen molar-refractivity contribution in [2.24, 2.45) is 5.92 Å². The highest BCUT2D eigenvalue weighted by atomic mass is 32.1. The minimum atomic E-state index is 0.104. The van der Waals surface area contributed by atoms with Gasteiger partial charge in [-0.2, -0.15) is 9.97 Å². The minimum absolute atomic E-state index is 0.104. The number of hydrogen-bond acceptors (Lipinski definition) is 5. The van der Waals surface area contributed by atoms with E-state index >= 15 is 0 Å². The van der Waals surface area contributed by atoms with E-state index < -0.39 is 0 Å². The van der Waals surface area contributed by atoms with Gasteiger partial charge in [0.25, 0.3) is 0 Å². The van der Waals surface area contributed by atoms with Gasteiger partial charge in [-0.05, 0) is 56.3 Å². The summed E-state index contributed by atoms with van der Waals surface area (Å²) in [4.78, 5) is 14.6. The minimum Gasteiger partial charge on any atom is -0.356 e. The monoisotopic (exact) mass is 452 g/mol. The predicted molar refractivity (Wildman–Crippen MR) is 138 cm³/mol. The predicted octanol–water partition coefficient (Wildman–Crippen LogP) is 5.14. The first-order chi connectivity index (χ1) is 15.6. The third-order valence-electron chi connectivity index (χ3n) is 6.48. The van der Waals surface area contributed by atoms with Crippen LogP contribution in [0.5, 0.6) is 0 Å². The lowest BCUT2D eigenvalue weighted by atomic mass is 10.0. The fraction of sp³-hybridized carbons (Fsp3) is 0.560. The van der Waals surface area contributed by atoms with Crippen LogP contribution < -0.4 is 20.4 Å². The van der Waals surface area contributed by atoms with Gasteiger partial charge in [-0.25, -0.2) is 0 Å². The highest BCUT2D eigenvalue weighted by Crippen LogP contribution is 2.27. The summed E-state index contributed by atoms with van der Waals surface area (Å²) >= 11 is 5.62. The smallest absolute Gasteiger partial charge is 0.232 e. The molecule has 0 spiro atoms. The molecular weight excluding hydrogens is 416 g/mol. The van der Waals surface area contributed by atoms with Crippen LogP contribution in [-0.4, -0.2) is 41.3 Å². The molecule has 1 aromatic carbocycles. The Morgan fingerprint density at radius 1 is 0.969 bits per heavy atom. The molecule has 2 fully saturated rings. The van der Waals surface area contributed by atoms with Crippen molar-refractivity contribution in [2.75, 3.05) is 41.3 Å². The van der Waals surface area contributed by atoms with Gasteiger partial charge >= 0.3 is 0 Å². The molecule has 0 bridgehead atoms. The summed E-state index contributed by atoms with van der Waals surface area (Å²) in [7, 11) is 0. The van der Waals surface area contributed by atoms with E-state index in [0.29, 0.717) is 17.0 Å². The molecule has 0 unspecified atom stereocenters. The van der Waals surface area contributed by atoms with Crippen molar-refractivity contribution in [2.45, 2.75) is 58.4 Å². The zero-order valence-corrected chi connectivity index (χ0v) is 20.2. The Hall–Kier alpha value is -2.41. The molecule has 2 aromatic rings. The molecule has 2 aliphatic rings. The van der Waals surface area contributed by atoms with Gasteiger partial charge in [-0.15, -0.1) is 0 Å². The van der Waals surface area contributed by atoms with E-state index in [1.54, 1.807) is 0 Å². The Kier molecular flexibility index (Phi) is 7.79. The van der Waals surface area contributed by atoms with Crippen LogP contribution in [0.15, 0.2) is 36.4 Å². The molecule has 2 atom stereocenters. The summed E-state index contributed by atoms with van der Waals surface area (Å²) in [5.41, 5.74) is 1.19. The Morgan fingerprint density at radius 2 is 1.62 bits per heavy atom. The number of nitrogens with one attached hydrogen (secondary N) is 2. The standard InChI is InChI=1S/C25H36N6S/c1-19-11-10-16-31(18-19)23-17-22(30-14-8-3-4-9-15-30)27-24(28-23)29-25(32)26-20(2)21-12-6-5-7-13-21/h5-7,12-13,17,19-20H,3-4,8-11,14-16,18H2,1-2H3,(H2,26,27,28,29,32)/t19-,20+/m0/s1. The van der Waals surface area contributed by atoms with Crippen LogP contribution in [0.3, 0.4) is 0 Å². The highest BCUT2D eigenvalue weighted by Gasteiger charge is 2.21. The van der Waals surface area contributed by atoms with Gasteiger partial charge < -0.3 is 20.4 Å². The van der Waals surface area contributed by atoms with Crippen molar-refractivity contribution in [1.82, 2.24) is 15.3 Å². The average Bonchev–Trinajstić information content (AvgIpc) is 3.09. The maximum absolute atomic E-state index is 5.62. The number of piperidine rings is 1. The summed E-state index contributed by atoms with van der Waals surface area (Å²) in [6, 6.07) is 12.6. The number of benzene rings is 1. The summed E-state index contributed by atoms with van der Waals surface area (Å²) in [6.07, 6.45) is 7.54. The second-order valence-electron chi connectivity index (χ2n) is 9.23. The van der Waals surface area contributed by atoms with E-state index in [0.717, 1.165) is 37.8 Å². The van der Waals surface area contributed by atoms with Crippen molar-refractivity contribution in [3.63, 3.8) is 0 Å². The van der Waals surface area contributed by atoms with Gasteiger partial charge in [0, 0.05) is 32.2 Å². The van der Waals surface area contributed by atoms with Crippen LogP contribution >= 0.6 is 12.2 Å². The second kappa shape index (κ2) is 10.9. The highest BCUT2D eigenvalue weighted by molar-refractivity contribution is 7.80. The third kappa shape index (κ3) is 6.09. The van der Waals surface area contributed by atoms with Crippen molar-refractivity contribution in [3.8, 4) is 0 Å². The SMILES string of the molecule is C[C@H]1CCCN(c2cc(N3CCCCCC3)nc(NC(=S)N[C@H](C)c3ccccc3)n2)C1. The molecule has 0 amide bonds. The molecule has 0 aliphatic carbocycles. The van der Waals surface area contributed by atoms with Gasteiger partial charge in [0.2, 0.25) is 5.95 Å². The number of hydrogen-bond donors (Lipinski definition) is 2. The summed E-state index contributed by atoms with van der Waals surface area (Å²) in [6.45, 7) is 8.64. The molecule has 2 N–H and O–H groups in total. The first-order valence-electron chi connectivity index (χ1n) is 12.1. The lowest BCUT2D eigenvalue weighted by Crippen LogP contribution is -2.36. The Morgan fingerprint density at radius 3 is 2.31 bits per heavy atom. The Bertz CT molecular complexity index is 861. The van der Waals surface area contributed by atoms with Crippen molar-refractivity contribution >= 4 is 34.9 Å². The number of nitrogens with zero attached hydrogens (tertiary/aromatic N) is 4. The fourth-order valence-electron chi connectivity index (χ4n) is 4.66. The average molecular weight is 453 g/mol. The Balaban J connectivity index is 1.53. The summed E-state index contributed by atoms with van der Waals surface area (Å²) < 4.78 is 0. The molecule has 0 radical (unpaired) electrons. The summed E-state index contributed by atoms with van der Waals surface area (Å²) in [5, 5.41) is 7.19. The van der Waals surface area contributed by atoms with E-state index in [-0.39, 0.29) is 6.04 Å². The molecular formula is C25H36N6S. The molecule has 2 aliphatic heterocycles. The normalized spacial score (nSPS) is 20.4. The van der Waals surface area contributed by atoms with Crippen molar-refractivity contribution in [3.05, 3.63) is 42.0 Å². The molecule has 4 rings (SSSR count). The van der Waals surface area contributed by atoms with Crippen LogP contribution in [0.25, 0.3) is 0 Å². The van der Waals surface area contributed by atoms with Crippen LogP contribution in [0.1, 0.15) is 64.0 Å². The van der Waals surface area contributed by atoms with Gasteiger partial charge in [0.15, 0.2) is 5.11 Å². The zero-order valence-electron chi connectivity index (χ0n) is 19.4. The molecule has 2 saturated heterocycles. The van der Waals surface area contributed by atoms with Gasteiger partial charge in [0.1, 0.15) is 11.6 Å². The lowest BCUT2D eigenvalue weighted by molar-refractivity contribution is 0.444. The van der Waals surface area contributed by atoms with E-state index in [9.17, 15) is 0 Å². The second-order valence-corrected chi connectivity index (χ2v) is 9.64. The van der Waals surface area contributed by atoms with Crippen LogP contribution in [-0.2, 0) is 0 Å². The van der Waals surface area contributed by atoms with Crippen LogP contribution in [0.2, 0.25) is 0 Å². The number of aromatic nitrogens is 2. The number of thiocarbonyl (C=S) groups is 1. The molecule has 1 aromatic heterocycles. The van der Waals surface area contributed by atoms with Crippen LogP contribution in [0, 0.1) is 5.92 Å². The first-order valence-corrected chi connectivity index (χ1v) is 12.5. The maximum Gasteiger partial charge on any atom is 0.232 e. The number of rotatable bonds is 5. The van der Waals surface area contributed by atoms with Crippen molar-refractivity contribution in [1.29, 1.82) is 0 Å². The van der Waals surface area contributed by atoms with E-state index in [1.807, 2.05) is 18.2 Å². The topological polar surface area (TPSA) is 56.3 Å². The van der Waals surface area contributed by atoms with Gasteiger partial charge in [0.05, 0.1) is 6.04 Å². The molecule has 32 heavy (non-hydrogen) atoms. The first kappa shape index (κ1) is 22.8. The largest absolute Gasteiger partial charge is 0.356 e.